The highest BCUT2D eigenvalue weighted by Gasteiger charge is 2.60. The molecule has 16 atom stereocenters. The first-order chi connectivity index (χ1) is 56.0. The number of aromatic hydroxyl groups is 3. The minimum Gasteiger partial charge on any atom is -0.504 e. The molecule has 0 spiro atoms. The number of aryl methyl sites for hydroxylation is 3. The van der Waals surface area contributed by atoms with Crippen molar-refractivity contribution >= 4 is 52.4 Å². The molecule has 31 nitrogen and oxygen atoms in total. The number of fused-ring (bicyclic) bond motifs is 18. The van der Waals surface area contributed by atoms with Gasteiger partial charge in [0.05, 0.1) is 101 Å². The fourth-order valence-corrected chi connectivity index (χ4v) is 20.7. The summed E-state index contributed by atoms with van der Waals surface area (Å²) in [7, 11) is 6.88. The van der Waals surface area contributed by atoms with Gasteiger partial charge in [0.2, 0.25) is 35.1 Å². The summed E-state index contributed by atoms with van der Waals surface area (Å²) in [5, 5.41) is 58.5. The molecule has 12 aliphatic rings. The number of aliphatic hydroxyl groups excluding tert-OH is 1. The lowest BCUT2D eigenvalue weighted by Gasteiger charge is -2.60. The number of ketones is 6. The van der Waals surface area contributed by atoms with Gasteiger partial charge >= 0.3 is 0 Å². The molecule has 9 aliphatic heterocycles. The Morgan fingerprint density at radius 2 is 0.864 bits per heavy atom. The number of rotatable bonds is 19. The van der Waals surface area contributed by atoms with E-state index in [0.717, 1.165) is 44.5 Å². The van der Waals surface area contributed by atoms with Gasteiger partial charge in [-0.25, -0.2) is 0 Å². The molecular weight excluding hydrogens is 1520 g/mol. The molecule has 14 N–H and O–H groups in total. The monoisotopic (exact) mass is 1630 g/mol. The molecule has 31 heteroatoms. The van der Waals surface area contributed by atoms with Crippen molar-refractivity contribution in [3.05, 3.63) is 136 Å². The minimum absolute atomic E-state index is 0.00172. The Morgan fingerprint density at radius 1 is 0.475 bits per heavy atom. The average Bonchev–Trinajstić information content (AvgIpc) is 0.710. The van der Waals surface area contributed by atoms with Crippen LogP contribution in [0.15, 0.2) is 85.6 Å². The molecule has 0 aromatic heterocycles. The lowest BCUT2D eigenvalue weighted by molar-refractivity contribution is -0.167. The number of nitrogens with one attached hydrogen (secondary N) is 4. The number of benzene rings is 3. The predicted molar refractivity (Wildman–Crippen MR) is 434 cm³/mol. The molecule has 3 aliphatic carbocycles. The van der Waals surface area contributed by atoms with Crippen LogP contribution in [0.3, 0.4) is 0 Å². The second-order valence-electron chi connectivity index (χ2n) is 33.1. The van der Waals surface area contributed by atoms with Crippen LogP contribution in [0.25, 0.3) is 0 Å². The third kappa shape index (κ3) is 14.5. The predicted octanol–water partition coefficient (Wildman–Crippen LogP) is 3.22. The number of phenols is 3. The Morgan fingerprint density at radius 3 is 1.32 bits per heavy atom. The lowest BCUT2D eigenvalue weighted by atomic mass is 9.71. The summed E-state index contributed by atoms with van der Waals surface area (Å²) in [5.41, 5.74) is 28.3. The van der Waals surface area contributed by atoms with Gasteiger partial charge in [-0.15, -0.1) is 0 Å². The highest BCUT2D eigenvalue weighted by atomic mass is 16.5. The number of carbonyl (C=O) groups excluding carboxylic acids is 9. The van der Waals surface area contributed by atoms with E-state index in [1.807, 2.05) is 57.5 Å². The van der Waals surface area contributed by atoms with Crippen molar-refractivity contribution in [1.82, 2.24) is 45.8 Å². The van der Waals surface area contributed by atoms with Crippen LogP contribution in [0.2, 0.25) is 0 Å². The van der Waals surface area contributed by atoms with Crippen molar-refractivity contribution in [3.8, 4) is 34.5 Å². The maximum absolute atomic E-state index is 13.9. The fraction of sp³-hybridized carbons (Fsp3) is 0.552. The zero-order valence-electron chi connectivity index (χ0n) is 70.5. The second kappa shape index (κ2) is 33.9. The average molecular weight is 1630 g/mol. The zero-order chi connectivity index (χ0) is 85.7. The smallest absolute Gasteiger partial charge is 0.236 e. The maximum atomic E-state index is 13.9. The van der Waals surface area contributed by atoms with Crippen molar-refractivity contribution in [3.63, 3.8) is 0 Å². The Balaban J connectivity index is 0.000000154. The summed E-state index contributed by atoms with van der Waals surface area (Å²) in [6, 6.07) is -0.0858. The van der Waals surface area contributed by atoms with E-state index in [9.17, 15) is 63.6 Å². The number of nitrogens with two attached hydrogens (primary N) is 3. The number of hydrogen-bond donors (Lipinski definition) is 11. The minimum atomic E-state index is -1.03. The number of piperazine rings is 3. The van der Waals surface area contributed by atoms with E-state index in [0.29, 0.717) is 115 Å². The molecule has 0 saturated carbocycles. The molecule has 0 radical (unpaired) electrons. The van der Waals surface area contributed by atoms with Gasteiger partial charge in [-0.2, -0.15) is 0 Å². The number of aliphatic hydroxyl groups is 1. The van der Waals surface area contributed by atoms with E-state index in [-0.39, 0.29) is 174 Å². The Bertz CT molecular complexity index is 4920. The molecule has 636 valence electrons. The van der Waals surface area contributed by atoms with Crippen LogP contribution in [-0.2, 0) is 76.6 Å². The zero-order valence-corrected chi connectivity index (χ0v) is 70.5. The van der Waals surface area contributed by atoms with Crippen LogP contribution >= 0.6 is 0 Å². The second-order valence-corrected chi connectivity index (χ2v) is 33.1. The number of hydrogen-bond acceptors (Lipinski definition) is 28. The molecule has 3 saturated heterocycles. The molecule has 16 unspecified atom stereocenters. The van der Waals surface area contributed by atoms with E-state index < -0.39 is 66.3 Å². The largest absolute Gasteiger partial charge is 0.504 e. The van der Waals surface area contributed by atoms with E-state index in [1.165, 1.54) is 14.2 Å². The molecule has 3 aromatic rings. The van der Waals surface area contributed by atoms with Crippen molar-refractivity contribution in [2.75, 3.05) is 87.5 Å². The molecule has 15 rings (SSSR count). The number of carbonyl (C=O) groups is 9. The number of amides is 3. The number of allylic oxidation sites excluding steroid dienone is 6. The topological polar surface area (TPSA) is 432 Å². The van der Waals surface area contributed by atoms with Crippen LogP contribution in [0.4, 0.5) is 0 Å². The molecule has 118 heavy (non-hydrogen) atoms. The third-order valence-corrected chi connectivity index (χ3v) is 26.0. The van der Waals surface area contributed by atoms with E-state index in [1.54, 1.807) is 55.4 Å². The van der Waals surface area contributed by atoms with Crippen molar-refractivity contribution in [2.24, 2.45) is 17.2 Å². The quantitative estimate of drug-likeness (QED) is 0.0767. The van der Waals surface area contributed by atoms with Crippen molar-refractivity contribution < 1.29 is 92.0 Å². The summed E-state index contributed by atoms with van der Waals surface area (Å²) in [5.74, 6) is -1.08. The Hall–Kier alpha value is -9.67. The molecule has 9 heterocycles. The molecule has 3 aromatic carbocycles. The standard InChI is InChI=1S/C30H40N4O7.C30H40N4O6.C27H34N4O6/c1-7-40-27-13(3)9-16-10-19-30(39)34-18(23(33(19)6)21(16)25(27)36)11-17-22(20(34)12-32-29(38)15(5)31)26(37)28(41-8-2)14(4)24(17)35;1-7-39-28-14(3)9-17-10-18-13-34-20(24(33(18)6)22(17)26(28)36)11-19-23(21(34)12-32-30(38)16(5)31)27(37)29(40-8-2)15(4)25(19)35;1-11-6-14-7-15-10-31-17(21(30-15)19(14)23(33)25(11)36-4)8-16-20(18(31)9-29-27(35)13(3)28)24(34)26(37-5)12(2)22(16)32/h9,15,18-20,23,30,36,39H,7-8,10-12,31H2,1-6H3,(H,32,38);9,16,18,20-21,24,36H,7-8,10-13,31H2,1-6H3,(H,32,38);6,13,15,17-18,21,30,33H,7-10,28H2,1-5H3,(H,29,35). The lowest BCUT2D eigenvalue weighted by Crippen LogP contribution is -2.71. The number of likely N-dealkylation sites (N-methyl/N-ethyl adjacent to an activating group) is 2. The Kier molecular flexibility index (Phi) is 24.7. The van der Waals surface area contributed by atoms with Gasteiger partial charge in [-0.1, -0.05) is 18.2 Å². The molecular formula is C87H114N12O19. The number of methoxy groups -OCH3 is 2. The van der Waals surface area contributed by atoms with Gasteiger partial charge in [-0.05, 0) is 176 Å². The highest BCUT2D eigenvalue weighted by molar-refractivity contribution is 6.27. The maximum Gasteiger partial charge on any atom is 0.236 e. The summed E-state index contributed by atoms with van der Waals surface area (Å²) < 4.78 is 33.8. The summed E-state index contributed by atoms with van der Waals surface area (Å²) >= 11 is 0. The van der Waals surface area contributed by atoms with E-state index in [2.05, 4.69) is 55.1 Å². The number of phenolic OH excluding ortho intramolecular Hbond substituents is 3. The van der Waals surface area contributed by atoms with Crippen LogP contribution in [-0.4, -0.2) is 264 Å². The van der Waals surface area contributed by atoms with Crippen LogP contribution in [0, 0.1) is 20.8 Å². The van der Waals surface area contributed by atoms with Gasteiger partial charge in [0.15, 0.2) is 69.1 Å². The van der Waals surface area contributed by atoms with E-state index in [4.69, 9.17) is 45.6 Å². The first-order valence-corrected chi connectivity index (χ1v) is 41.1. The van der Waals surface area contributed by atoms with Gasteiger partial charge in [0, 0.05) is 130 Å². The first-order valence-electron chi connectivity index (χ1n) is 41.1. The summed E-state index contributed by atoms with van der Waals surface area (Å²) in [4.78, 5) is 131. The third-order valence-electron chi connectivity index (χ3n) is 26.0. The first kappa shape index (κ1) is 86.2. The Labute approximate surface area is 687 Å². The number of ether oxygens (including phenoxy) is 6. The van der Waals surface area contributed by atoms with Crippen LogP contribution in [0.5, 0.6) is 34.5 Å². The van der Waals surface area contributed by atoms with Crippen molar-refractivity contribution in [1.29, 1.82) is 0 Å². The van der Waals surface area contributed by atoms with Gasteiger partial charge in [0.25, 0.3) is 0 Å². The summed E-state index contributed by atoms with van der Waals surface area (Å²) in [6.07, 6.45) is 1.66. The van der Waals surface area contributed by atoms with Gasteiger partial charge in [-0.3, -0.25) is 67.7 Å². The fourth-order valence-electron chi connectivity index (χ4n) is 20.7. The van der Waals surface area contributed by atoms with Gasteiger partial charge < -0.3 is 87.3 Å². The number of nitrogens with zero attached hydrogens (tertiary/aromatic N) is 5. The SMILES string of the molecule is CCOC1=C(C)C(=O)C2=C(C1=O)C(CNC(=O)C(C)N)N1C(O)C3Cc4cc(C)c(OCC)c(O)c4C(C1C2)N3C.CCOC1=C(C)C(=O)C2=C(C1=O)C(CNC(=O)C(C)N)N1CC3Cc4cc(C)c(OCC)c(O)c4C(C1C2)N3C.COC1=C(C)C(=O)C2=C(C1=O)C(CNC(=O)C(C)N)N1CC3Cc4cc(C)c(OC)c(O)c4C(N3)C1C2. The number of Topliss-reactive ketones (excluding diaryl/α,β-unsaturated/α-hetero) is 6. The van der Waals surface area contributed by atoms with Crippen LogP contribution in [0.1, 0.15) is 157 Å². The highest BCUT2D eigenvalue weighted by Crippen LogP contribution is 2.57. The normalized spacial score (nSPS) is 27.9. The van der Waals surface area contributed by atoms with Crippen LogP contribution < -0.4 is 52.7 Å². The van der Waals surface area contributed by atoms with Gasteiger partial charge in [0.1, 0.15) is 6.23 Å². The van der Waals surface area contributed by atoms with Crippen molar-refractivity contribution in [2.45, 2.75) is 225 Å². The molecule has 6 bridgehead atoms. The molecule has 3 fully saturated rings. The molecule has 3 amide bonds. The van der Waals surface area contributed by atoms with E-state index >= 15 is 0 Å². The summed E-state index contributed by atoms with van der Waals surface area (Å²) in [6.45, 7) is 25.3.